The molecule has 0 spiro atoms. The number of hydrogen-bond donors (Lipinski definition) is 2. The standard InChI is InChI=1S/C13H21NO2/c1-4-16-11-7-5-10(6-8-11)12(14)13(2,3)9-15/h5-8,12,15H,4,9,14H2,1-3H3/t12-/m1/s1. The first-order valence-electron chi connectivity index (χ1n) is 5.60. The fourth-order valence-electron chi connectivity index (χ4n) is 1.49. The lowest BCUT2D eigenvalue weighted by Gasteiger charge is -2.29. The molecule has 0 amide bonds. The number of aliphatic hydroxyl groups excluding tert-OH is 1. The zero-order valence-electron chi connectivity index (χ0n) is 10.2. The van der Waals surface area contributed by atoms with Crippen LogP contribution in [0.3, 0.4) is 0 Å². The van der Waals surface area contributed by atoms with E-state index in [0.29, 0.717) is 6.61 Å². The smallest absolute Gasteiger partial charge is 0.119 e. The van der Waals surface area contributed by atoms with Crippen LogP contribution in [0.4, 0.5) is 0 Å². The largest absolute Gasteiger partial charge is 0.494 e. The molecule has 3 heteroatoms. The highest BCUT2D eigenvalue weighted by Gasteiger charge is 2.26. The van der Waals surface area contributed by atoms with Gasteiger partial charge >= 0.3 is 0 Å². The molecule has 0 fully saturated rings. The Bertz CT molecular complexity index is 319. The first kappa shape index (κ1) is 13.0. The van der Waals surface area contributed by atoms with Crippen LogP contribution in [0.1, 0.15) is 32.4 Å². The Kier molecular flexibility index (Phi) is 4.33. The van der Waals surface area contributed by atoms with Crippen molar-refractivity contribution in [2.75, 3.05) is 13.2 Å². The Morgan fingerprint density at radius 3 is 2.31 bits per heavy atom. The van der Waals surface area contributed by atoms with Crippen molar-refractivity contribution < 1.29 is 9.84 Å². The van der Waals surface area contributed by atoms with E-state index in [1.807, 2.05) is 45.0 Å². The Hall–Kier alpha value is -1.06. The van der Waals surface area contributed by atoms with Crippen molar-refractivity contribution in [1.29, 1.82) is 0 Å². The summed E-state index contributed by atoms with van der Waals surface area (Å²) < 4.78 is 5.36. The number of ether oxygens (including phenoxy) is 1. The van der Waals surface area contributed by atoms with Crippen LogP contribution < -0.4 is 10.5 Å². The lowest BCUT2D eigenvalue weighted by atomic mass is 9.82. The zero-order valence-corrected chi connectivity index (χ0v) is 10.2. The van der Waals surface area contributed by atoms with Crippen LogP contribution in [0.25, 0.3) is 0 Å². The van der Waals surface area contributed by atoms with E-state index in [2.05, 4.69) is 0 Å². The van der Waals surface area contributed by atoms with Crippen LogP contribution >= 0.6 is 0 Å². The highest BCUT2D eigenvalue weighted by Crippen LogP contribution is 2.31. The predicted octanol–water partition coefficient (Wildman–Crippen LogP) is 2.10. The van der Waals surface area contributed by atoms with Crippen LogP contribution in [0.5, 0.6) is 5.75 Å². The molecule has 0 saturated carbocycles. The first-order valence-corrected chi connectivity index (χ1v) is 5.60. The van der Waals surface area contributed by atoms with E-state index in [-0.39, 0.29) is 18.1 Å². The Morgan fingerprint density at radius 2 is 1.88 bits per heavy atom. The number of aliphatic hydroxyl groups is 1. The molecule has 1 aromatic carbocycles. The van der Waals surface area contributed by atoms with Gasteiger partial charge in [-0.15, -0.1) is 0 Å². The molecule has 1 aromatic rings. The molecule has 0 aliphatic carbocycles. The summed E-state index contributed by atoms with van der Waals surface area (Å²) in [6, 6.07) is 7.55. The SMILES string of the molecule is CCOc1ccc([C@@H](N)C(C)(C)CO)cc1. The number of benzene rings is 1. The molecule has 0 unspecified atom stereocenters. The fraction of sp³-hybridized carbons (Fsp3) is 0.538. The minimum Gasteiger partial charge on any atom is -0.494 e. The van der Waals surface area contributed by atoms with E-state index in [0.717, 1.165) is 11.3 Å². The van der Waals surface area contributed by atoms with E-state index in [4.69, 9.17) is 10.5 Å². The summed E-state index contributed by atoms with van der Waals surface area (Å²) in [6.07, 6.45) is 0. The van der Waals surface area contributed by atoms with Gasteiger partial charge in [0, 0.05) is 18.1 Å². The van der Waals surface area contributed by atoms with Crippen molar-refractivity contribution in [2.24, 2.45) is 11.1 Å². The summed E-state index contributed by atoms with van der Waals surface area (Å²) >= 11 is 0. The van der Waals surface area contributed by atoms with E-state index >= 15 is 0 Å². The van der Waals surface area contributed by atoms with Gasteiger partial charge in [-0.1, -0.05) is 26.0 Å². The maximum absolute atomic E-state index is 9.26. The second-order valence-corrected chi connectivity index (χ2v) is 4.63. The molecular weight excluding hydrogens is 202 g/mol. The summed E-state index contributed by atoms with van der Waals surface area (Å²) in [4.78, 5) is 0. The number of hydrogen-bond acceptors (Lipinski definition) is 3. The maximum atomic E-state index is 9.26. The molecule has 0 heterocycles. The molecule has 1 atom stereocenters. The fourth-order valence-corrected chi connectivity index (χ4v) is 1.49. The lowest BCUT2D eigenvalue weighted by Crippen LogP contribution is -2.32. The molecule has 0 aliphatic heterocycles. The molecule has 0 aromatic heterocycles. The van der Waals surface area contributed by atoms with Crippen LogP contribution in [-0.2, 0) is 0 Å². The average Bonchev–Trinajstić information content (AvgIpc) is 2.29. The maximum Gasteiger partial charge on any atom is 0.119 e. The minimum atomic E-state index is -0.312. The Balaban J connectivity index is 2.81. The molecular formula is C13H21NO2. The topological polar surface area (TPSA) is 55.5 Å². The monoisotopic (exact) mass is 223 g/mol. The first-order chi connectivity index (χ1) is 7.51. The van der Waals surface area contributed by atoms with Crippen molar-refractivity contribution in [3.05, 3.63) is 29.8 Å². The van der Waals surface area contributed by atoms with Gasteiger partial charge in [0.1, 0.15) is 5.75 Å². The van der Waals surface area contributed by atoms with Gasteiger partial charge in [-0.2, -0.15) is 0 Å². The van der Waals surface area contributed by atoms with Gasteiger partial charge in [-0.3, -0.25) is 0 Å². The Labute approximate surface area is 97.2 Å². The van der Waals surface area contributed by atoms with Gasteiger partial charge in [0.2, 0.25) is 0 Å². The summed E-state index contributed by atoms with van der Waals surface area (Å²) in [7, 11) is 0. The second kappa shape index (κ2) is 5.32. The quantitative estimate of drug-likeness (QED) is 0.803. The molecule has 0 saturated heterocycles. The second-order valence-electron chi connectivity index (χ2n) is 4.63. The van der Waals surface area contributed by atoms with E-state index in [1.54, 1.807) is 0 Å². The summed E-state index contributed by atoms with van der Waals surface area (Å²) in [5, 5.41) is 9.26. The van der Waals surface area contributed by atoms with Crippen LogP contribution in [0.2, 0.25) is 0 Å². The van der Waals surface area contributed by atoms with Crippen molar-refractivity contribution in [2.45, 2.75) is 26.8 Å². The van der Waals surface area contributed by atoms with Gasteiger partial charge in [-0.25, -0.2) is 0 Å². The van der Waals surface area contributed by atoms with Gasteiger partial charge in [0.05, 0.1) is 6.61 Å². The zero-order chi connectivity index (χ0) is 12.2. The molecule has 0 radical (unpaired) electrons. The molecule has 3 nitrogen and oxygen atoms in total. The molecule has 16 heavy (non-hydrogen) atoms. The van der Waals surface area contributed by atoms with Crippen LogP contribution in [0.15, 0.2) is 24.3 Å². The van der Waals surface area contributed by atoms with Crippen molar-refractivity contribution in [3.8, 4) is 5.75 Å². The van der Waals surface area contributed by atoms with Crippen molar-refractivity contribution >= 4 is 0 Å². The van der Waals surface area contributed by atoms with Gasteiger partial charge in [0.15, 0.2) is 0 Å². The van der Waals surface area contributed by atoms with Crippen molar-refractivity contribution in [1.82, 2.24) is 0 Å². The number of rotatable bonds is 5. The highest BCUT2D eigenvalue weighted by molar-refractivity contribution is 5.29. The molecule has 3 N–H and O–H groups in total. The lowest BCUT2D eigenvalue weighted by molar-refractivity contribution is 0.132. The summed E-state index contributed by atoms with van der Waals surface area (Å²) in [5.74, 6) is 0.847. The molecule has 0 aliphatic rings. The summed E-state index contributed by atoms with van der Waals surface area (Å²) in [6.45, 7) is 6.59. The van der Waals surface area contributed by atoms with Gasteiger partial charge in [-0.05, 0) is 24.6 Å². The van der Waals surface area contributed by atoms with E-state index < -0.39 is 0 Å². The molecule has 1 rings (SSSR count). The number of nitrogens with two attached hydrogens (primary N) is 1. The summed E-state index contributed by atoms with van der Waals surface area (Å²) in [5.41, 5.74) is 6.81. The third-order valence-corrected chi connectivity index (χ3v) is 2.80. The molecule has 90 valence electrons. The normalized spacial score (nSPS) is 13.6. The predicted molar refractivity (Wildman–Crippen MR) is 65.4 cm³/mol. The Morgan fingerprint density at radius 1 is 1.31 bits per heavy atom. The van der Waals surface area contributed by atoms with Crippen LogP contribution in [-0.4, -0.2) is 18.3 Å². The molecule has 0 bridgehead atoms. The highest BCUT2D eigenvalue weighted by atomic mass is 16.5. The average molecular weight is 223 g/mol. The third kappa shape index (κ3) is 2.97. The third-order valence-electron chi connectivity index (χ3n) is 2.80. The van der Waals surface area contributed by atoms with Gasteiger partial charge < -0.3 is 15.6 Å². The van der Waals surface area contributed by atoms with E-state index in [1.165, 1.54) is 0 Å². The van der Waals surface area contributed by atoms with Gasteiger partial charge in [0.25, 0.3) is 0 Å². The van der Waals surface area contributed by atoms with E-state index in [9.17, 15) is 5.11 Å². The van der Waals surface area contributed by atoms with Crippen LogP contribution in [0, 0.1) is 5.41 Å². The minimum absolute atomic E-state index is 0.0708. The van der Waals surface area contributed by atoms with Crippen molar-refractivity contribution in [3.63, 3.8) is 0 Å².